The Morgan fingerprint density at radius 3 is 2.19 bits per heavy atom. The molecular weight excluding hydrogens is 214 g/mol. The third-order valence-electron chi connectivity index (χ3n) is 2.26. The molecule has 0 aromatic heterocycles. The third kappa shape index (κ3) is 3.77. The fourth-order valence-electron chi connectivity index (χ4n) is 1.20. The second-order valence-electron chi connectivity index (χ2n) is 3.94. The molecule has 0 saturated heterocycles. The summed E-state index contributed by atoms with van der Waals surface area (Å²) >= 11 is 0. The van der Waals surface area contributed by atoms with Gasteiger partial charge in [0.2, 0.25) is 0 Å². The Kier molecular flexibility index (Phi) is 4.68. The van der Waals surface area contributed by atoms with Crippen molar-refractivity contribution in [3.8, 4) is 5.75 Å². The number of hydrogen-bond donors (Lipinski definition) is 1. The number of alkyl halides is 2. The summed E-state index contributed by atoms with van der Waals surface area (Å²) in [5.41, 5.74) is 1.15. The molecule has 1 aromatic rings. The van der Waals surface area contributed by atoms with Gasteiger partial charge in [-0.15, -0.1) is 0 Å². The molecule has 0 saturated carbocycles. The Hall–Kier alpha value is -1.16. The number of aliphatic hydroxyl groups excluding tert-OH is 1. The summed E-state index contributed by atoms with van der Waals surface area (Å²) in [5.74, 6) is 0.907. The van der Waals surface area contributed by atoms with Crippen LogP contribution in [-0.2, 0) is 0 Å². The second-order valence-corrected chi connectivity index (χ2v) is 3.94. The van der Waals surface area contributed by atoms with E-state index in [0.29, 0.717) is 11.7 Å². The van der Waals surface area contributed by atoms with E-state index in [0.717, 1.165) is 5.56 Å². The lowest BCUT2D eigenvalue weighted by Crippen LogP contribution is -2.25. The molecule has 4 heteroatoms. The fourth-order valence-corrected chi connectivity index (χ4v) is 1.20. The van der Waals surface area contributed by atoms with E-state index < -0.39 is 19.1 Å². The molecule has 1 N–H and O–H groups in total. The van der Waals surface area contributed by atoms with E-state index in [1.54, 1.807) is 12.1 Å². The van der Waals surface area contributed by atoms with Crippen LogP contribution in [0, 0.1) is 0 Å². The van der Waals surface area contributed by atoms with Crippen LogP contribution < -0.4 is 4.74 Å². The van der Waals surface area contributed by atoms with Gasteiger partial charge in [-0.3, -0.25) is 0 Å². The summed E-state index contributed by atoms with van der Waals surface area (Å²) < 4.78 is 29.0. The maximum Gasteiger partial charge on any atom is 0.267 e. The molecule has 0 spiro atoms. The van der Waals surface area contributed by atoms with Gasteiger partial charge in [0.15, 0.2) is 0 Å². The first-order chi connectivity index (χ1) is 7.50. The highest BCUT2D eigenvalue weighted by atomic mass is 19.3. The van der Waals surface area contributed by atoms with Gasteiger partial charge in [-0.05, 0) is 23.6 Å². The van der Waals surface area contributed by atoms with Gasteiger partial charge in [-0.1, -0.05) is 26.0 Å². The van der Waals surface area contributed by atoms with Crippen molar-refractivity contribution in [2.75, 3.05) is 6.61 Å². The molecule has 1 rings (SSSR count). The quantitative estimate of drug-likeness (QED) is 0.842. The van der Waals surface area contributed by atoms with Crippen LogP contribution in [0.3, 0.4) is 0 Å². The Morgan fingerprint density at radius 2 is 1.75 bits per heavy atom. The van der Waals surface area contributed by atoms with E-state index in [2.05, 4.69) is 13.8 Å². The van der Waals surface area contributed by atoms with E-state index in [1.165, 1.54) is 0 Å². The monoisotopic (exact) mass is 230 g/mol. The molecule has 0 aliphatic rings. The Morgan fingerprint density at radius 1 is 1.19 bits per heavy atom. The Labute approximate surface area is 93.9 Å². The summed E-state index contributed by atoms with van der Waals surface area (Å²) in [5, 5.41) is 8.86. The molecule has 0 fully saturated rings. The Balaban J connectivity index is 2.49. The van der Waals surface area contributed by atoms with Crippen LogP contribution in [-0.4, -0.2) is 24.2 Å². The highest BCUT2D eigenvalue weighted by Crippen LogP contribution is 2.18. The number of benzene rings is 1. The lowest BCUT2D eigenvalue weighted by Gasteiger charge is -2.12. The summed E-state index contributed by atoms with van der Waals surface area (Å²) in [6.45, 7) is 3.74. The van der Waals surface area contributed by atoms with Crippen molar-refractivity contribution in [2.24, 2.45) is 0 Å². The van der Waals surface area contributed by atoms with Crippen molar-refractivity contribution in [2.45, 2.75) is 32.3 Å². The van der Waals surface area contributed by atoms with Crippen LogP contribution in [0.5, 0.6) is 5.75 Å². The van der Waals surface area contributed by atoms with Crippen LogP contribution in [0.15, 0.2) is 24.3 Å². The van der Waals surface area contributed by atoms with Gasteiger partial charge in [0.1, 0.15) is 18.5 Å². The van der Waals surface area contributed by atoms with E-state index in [9.17, 15) is 8.78 Å². The van der Waals surface area contributed by atoms with Crippen molar-refractivity contribution >= 4 is 0 Å². The third-order valence-corrected chi connectivity index (χ3v) is 2.26. The second kappa shape index (κ2) is 5.80. The SMILES string of the molecule is CC(C)c1ccc(OC[C@@H](O)C(F)F)cc1. The normalized spacial score (nSPS) is 13.2. The topological polar surface area (TPSA) is 29.5 Å². The standard InChI is InChI=1S/C12H16F2O2/c1-8(2)9-3-5-10(6-4-9)16-7-11(15)12(13)14/h3-6,8,11-12,15H,7H2,1-2H3/t11-/m1/s1. The first-order valence-corrected chi connectivity index (χ1v) is 5.19. The van der Waals surface area contributed by atoms with Crippen molar-refractivity contribution in [1.29, 1.82) is 0 Å². The smallest absolute Gasteiger partial charge is 0.267 e. The number of halogens is 2. The number of aliphatic hydroxyl groups is 1. The highest BCUT2D eigenvalue weighted by molar-refractivity contribution is 5.28. The maximum atomic E-state index is 12.0. The minimum absolute atomic E-state index is 0.390. The van der Waals surface area contributed by atoms with Crippen molar-refractivity contribution in [1.82, 2.24) is 0 Å². The van der Waals surface area contributed by atoms with Crippen LogP contribution in [0.2, 0.25) is 0 Å². The van der Waals surface area contributed by atoms with Gasteiger partial charge in [-0.25, -0.2) is 8.78 Å². The molecule has 0 aliphatic carbocycles. The molecule has 0 heterocycles. The van der Waals surface area contributed by atoms with Gasteiger partial charge < -0.3 is 9.84 Å². The fraction of sp³-hybridized carbons (Fsp3) is 0.500. The van der Waals surface area contributed by atoms with Crippen molar-refractivity contribution in [3.05, 3.63) is 29.8 Å². The molecular formula is C12H16F2O2. The predicted octanol–water partition coefficient (Wildman–Crippen LogP) is 2.81. The number of ether oxygens (including phenoxy) is 1. The summed E-state index contributed by atoms with van der Waals surface area (Å²) in [4.78, 5) is 0. The van der Waals surface area contributed by atoms with E-state index in [1.807, 2.05) is 12.1 Å². The lowest BCUT2D eigenvalue weighted by atomic mass is 10.0. The maximum absolute atomic E-state index is 12.0. The van der Waals surface area contributed by atoms with E-state index in [4.69, 9.17) is 9.84 Å². The first-order valence-electron chi connectivity index (χ1n) is 5.19. The van der Waals surface area contributed by atoms with Gasteiger partial charge in [0, 0.05) is 0 Å². The highest BCUT2D eigenvalue weighted by Gasteiger charge is 2.17. The average molecular weight is 230 g/mol. The minimum Gasteiger partial charge on any atom is -0.491 e. The van der Waals surface area contributed by atoms with Crippen LogP contribution in [0.25, 0.3) is 0 Å². The van der Waals surface area contributed by atoms with E-state index >= 15 is 0 Å². The van der Waals surface area contributed by atoms with Gasteiger partial charge >= 0.3 is 0 Å². The molecule has 0 unspecified atom stereocenters. The van der Waals surface area contributed by atoms with Gasteiger partial charge in [-0.2, -0.15) is 0 Å². The summed E-state index contributed by atoms with van der Waals surface area (Å²) in [6.07, 6.45) is -4.50. The average Bonchev–Trinajstić information content (AvgIpc) is 2.26. The molecule has 2 nitrogen and oxygen atoms in total. The molecule has 0 bridgehead atoms. The number of hydrogen-bond acceptors (Lipinski definition) is 2. The largest absolute Gasteiger partial charge is 0.491 e. The Bertz CT molecular complexity index is 309. The minimum atomic E-state index is -2.77. The van der Waals surface area contributed by atoms with Crippen molar-refractivity contribution < 1.29 is 18.6 Å². The molecule has 90 valence electrons. The molecule has 1 aromatic carbocycles. The zero-order chi connectivity index (χ0) is 12.1. The zero-order valence-corrected chi connectivity index (χ0v) is 9.36. The predicted molar refractivity (Wildman–Crippen MR) is 58.0 cm³/mol. The van der Waals surface area contributed by atoms with Crippen LogP contribution >= 0.6 is 0 Å². The van der Waals surface area contributed by atoms with Gasteiger partial charge in [0.25, 0.3) is 6.43 Å². The van der Waals surface area contributed by atoms with Crippen LogP contribution in [0.1, 0.15) is 25.3 Å². The molecule has 0 aliphatic heterocycles. The van der Waals surface area contributed by atoms with Crippen LogP contribution in [0.4, 0.5) is 8.78 Å². The summed E-state index contributed by atoms with van der Waals surface area (Å²) in [6, 6.07) is 7.20. The van der Waals surface area contributed by atoms with Gasteiger partial charge in [0.05, 0.1) is 0 Å². The molecule has 1 atom stereocenters. The lowest BCUT2D eigenvalue weighted by molar-refractivity contribution is -0.0283. The summed E-state index contributed by atoms with van der Waals surface area (Å²) in [7, 11) is 0. The molecule has 16 heavy (non-hydrogen) atoms. The van der Waals surface area contributed by atoms with Crippen molar-refractivity contribution in [3.63, 3.8) is 0 Å². The number of rotatable bonds is 5. The molecule has 0 amide bonds. The first kappa shape index (κ1) is 12.9. The molecule has 0 radical (unpaired) electrons. The van der Waals surface area contributed by atoms with E-state index in [-0.39, 0.29) is 0 Å². The zero-order valence-electron chi connectivity index (χ0n) is 9.36.